The van der Waals surface area contributed by atoms with E-state index >= 15 is 0 Å². The molecule has 0 unspecified atom stereocenters. The second-order valence-corrected chi connectivity index (χ2v) is 8.24. The van der Waals surface area contributed by atoms with E-state index in [1.54, 1.807) is 13.2 Å². The van der Waals surface area contributed by atoms with Crippen LogP contribution in [-0.4, -0.2) is 78.6 Å². The zero-order valence-electron chi connectivity index (χ0n) is 18.1. The first-order valence-electron chi connectivity index (χ1n) is 10.7. The first-order chi connectivity index (χ1) is 15.5. The third-order valence-electron chi connectivity index (χ3n) is 6.15. The Hall–Kier alpha value is -3.49. The van der Waals surface area contributed by atoms with Gasteiger partial charge in [0.05, 0.1) is 36.2 Å². The molecular weight excluding hydrogens is 406 g/mol. The number of benzene rings is 2. The van der Waals surface area contributed by atoms with Crippen LogP contribution >= 0.6 is 0 Å². The van der Waals surface area contributed by atoms with Crippen molar-refractivity contribution in [1.82, 2.24) is 20.0 Å². The van der Waals surface area contributed by atoms with E-state index in [0.29, 0.717) is 34.7 Å². The lowest BCUT2D eigenvalue weighted by Gasteiger charge is -2.31. The number of nitrogens with one attached hydrogen (secondary N) is 2. The zero-order valence-corrected chi connectivity index (χ0v) is 18.1. The van der Waals surface area contributed by atoms with Crippen molar-refractivity contribution in [2.24, 2.45) is 0 Å². The number of methoxy groups -OCH3 is 1. The lowest BCUT2D eigenvalue weighted by Crippen LogP contribution is -2.47. The van der Waals surface area contributed by atoms with E-state index in [-0.39, 0.29) is 11.7 Å². The van der Waals surface area contributed by atoms with Gasteiger partial charge in [-0.15, -0.1) is 0 Å². The maximum atomic E-state index is 13.4. The van der Waals surface area contributed by atoms with Gasteiger partial charge < -0.3 is 15.0 Å². The molecule has 1 fully saturated rings. The fourth-order valence-electron chi connectivity index (χ4n) is 4.35. The van der Waals surface area contributed by atoms with E-state index in [2.05, 4.69) is 32.4 Å². The number of aromatic amines is 1. The predicted molar refractivity (Wildman–Crippen MR) is 122 cm³/mol. The number of amides is 1. The molecule has 1 amide bonds. The molecule has 0 saturated carbocycles. The minimum Gasteiger partial charge on any atom is -0.497 e. The minimum atomic E-state index is -0.134. The molecule has 0 atom stereocenters. The van der Waals surface area contributed by atoms with Gasteiger partial charge in [0.1, 0.15) is 11.4 Å². The van der Waals surface area contributed by atoms with Crippen LogP contribution in [0.3, 0.4) is 0 Å². The molecule has 8 nitrogen and oxygen atoms in total. The molecule has 32 heavy (non-hydrogen) atoms. The molecule has 5 rings (SSSR count). The van der Waals surface area contributed by atoms with Crippen LogP contribution in [0.4, 0.5) is 5.69 Å². The van der Waals surface area contributed by atoms with Crippen molar-refractivity contribution in [3.05, 3.63) is 53.6 Å². The van der Waals surface area contributed by atoms with Gasteiger partial charge in [0, 0.05) is 37.3 Å². The molecule has 2 aliphatic rings. The number of rotatable bonds is 5. The lowest BCUT2D eigenvalue weighted by atomic mass is 10.0. The maximum Gasteiger partial charge on any atom is 0.238 e. The van der Waals surface area contributed by atoms with Crippen molar-refractivity contribution in [3.63, 3.8) is 0 Å². The Bertz CT molecular complexity index is 1180. The fourth-order valence-corrected chi connectivity index (χ4v) is 4.35. The molecule has 3 aromatic rings. The molecule has 164 valence electrons. The van der Waals surface area contributed by atoms with Gasteiger partial charge in [-0.05, 0) is 37.4 Å². The highest BCUT2D eigenvalue weighted by atomic mass is 16.5. The van der Waals surface area contributed by atoms with Crippen LogP contribution in [-0.2, 0) is 4.79 Å². The summed E-state index contributed by atoms with van der Waals surface area (Å²) >= 11 is 0. The normalized spacial score (nSPS) is 16.0. The molecule has 1 aliphatic carbocycles. The molecule has 0 spiro atoms. The van der Waals surface area contributed by atoms with E-state index in [4.69, 9.17) is 4.74 Å². The standard InChI is InChI=1S/C24H25N5O3/c1-28-10-12-29(13-11-28)14-19(30)25-18-5-3-4-17-20(18)24(31)21-22(26-27-23(17)21)15-6-8-16(32-2)9-7-15/h3-9H,10-14H2,1-2H3,(H,25,30)(H,26,27). The SMILES string of the molecule is COc1ccc(-c2n[nH]c3c2C(=O)c2c(NC(=O)CN4CCN(C)CC4)cccc2-3)cc1. The molecule has 1 aromatic heterocycles. The second-order valence-electron chi connectivity index (χ2n) is 8.24. The van der Waals surface area contributed by atoms with E-state index < -0.39 is 0 Å². The van der Waals surface area contributed by atoms with Crippen LogP contribution < -0.4 is 10.1 Å². The molecule has 2 aromatic carbocycles. The van der Waals surface area contributed by atoms with Crippen molar-refractivity contribution in [2.45, 2.75) is 0 Å². The number of aromatic nitrogens is 2. The monoisotopic (exact) mass is 431 g/mol. The van der Waals surface area contributed by atoms with Gasteiger partial charge in [0.25, 0.3) is 0 Å². The van der Waals surface area contributed by atoms with Crippen molar-refractivity contribution >= 4 is 17.4 Å². The Morgan fingerprint density at radius 2 is 1.84 bits per heavy atom. The Morgan fingerprint density at radius 1 is 1.09 bits per heavy atom. The van der Waals surface area contributed by atoms with Gasteiger partial charge in [-0.2, -0.15) is 5.10 Å². The number of carbonyl (C=O) groups is 2. The first-order valence-corrected chi connectivity index (χ1v) is 10.7. The van der Waals surface area contributed by atoms with E-state index in [1.807, 2.05) is 36.4 Å². The van der Waals surface area contributed by atoms with Crippen molar-refractivity contribution < 1.29 is 14.3 Å². The Balaban J connectivity index is 1.40. The molecule has 2 N–H and O–H groups in total. The van der Waals surface area contributed by atoms with Crippen LogP contribution in [0.25, 0.3) is 22.5 Å². The van der Waals surface area contributed by atoms with Crippen LogP contribution in [0, 0.1) is 0 Å². The maximum absolute atomic E-state index is 13.4. The second kappa shape index (κ2) is 8.22. The number of hydrogen-bond donors (Lipinski definition) is 2. The van der Waals surface area contributed by atoms with Crippen molar-refractivity contribution in [2.75, 3.05) is 52.2 Å². The highest BCUT2D eigenvalue weighted by Crippen LogP contribution is 2.43. The summed E-state index contributed by atoms with van der Waals surface area (Å²) in [6.45, 7) is 3.93. The van der Waals surface area contributed by atoms with Crippen LogP contribution in [0.1, 0.15) is 15.9 Å². The summed E-state index contributed by atoms with van der Waals surface area (Å²) in [5.74, 6) is 0.491. The van der Waals surface area contributed by atoms with Gasteiger partial charge >= 0.3 is 0 Å². The number of ether oxygens (including phenoxy) is 1. The van der Waals surface area contributed by atoms with Crippen LogP contribution in [0.5, 0.6) is 5.75 Å². The summed E-state index contributed by atoms with van der Waals surface area (Å²) in [6.07, 6.45) is 0. The van der Waals surface area contributed by atoms with Crippen molar-refractivity contribution in [3.8, 4) is 28.3 Å². The number of anilines is 1. The number of ketones is 1. The van der Waals surface area contributed by atoms with Gasteiger partial charge in [0.2, 0.25) is 5.91 Å². The number of likely N-dealkylation sites (N-methyl/N-ethyl adjacent to an activating group) is 1. The smallest absolute Gasteiger partial charge is 0.238 e. The highest BCUT2D eigenvalue weighted by molar-refractivity contribution is 6.27. The van der Waals surface area contributed by atoms with Gasteiger partial charge in [0.15, 0.2) is 5.78 Å². The van der Waals surface area contributed by atoms with Gasteiger partial charge in [-0.1, -0.05) is 12.1 Å². The summed E-state index contributed by atoms with van der Waals surface area (Å²) in [6, 6.07) is 12.9. The third kappa shape index (κ3) is 3.57. The Labute approximate surface area is 186 Å². The third-order valence-corrected chi connectivity index (χ3v) is 6.15. The number of nitrogens with zero attached hydrogens (tertiary/aromatic N) is 3. The molecule has 8 heteroatoms. The molecule has 1 saturated heterocycles. The van der Waals surface area contributed by atoms with Crippen LogP contribution in [0.2, 0.25) is 0 Å². The fraction of sp³-hybridized carbons (Fsp3) is 0.292. The largest absolute Gasteiger partial charge is 0.497 e. The summed E-state index contributed by atoms with van der Waals surface area (Å²) in [5, 5.41) is 10.4. The molecular formula is C24H25N5O3. The summed E-state index contributed by atoms with van der Waals surface area (Å²) in [7, 11) is 3.70. The number of H-pyrrole nitrogens is 1. The number of piperazine rings is 1. The summed E-state index contributed by atoms with van der Waals surface area (Å²) in [5.41, 5.74) is 4.45. The van der Waals surface area contributed by atoms with E-state index in [0.717, 1.165) is 43.1 Å². The Kier molecular flexibility index (Phi) is 5.24. The molecule has 0 radical (unpaired) electrons. The quantitative estimate of drug-likeness (QED) is 0.505. The molecule has 0 bridgehead atoms. The predicted octanol–water partition coefficient (Wildman–Crippen LogP) is 2.48. The van der Waals surface area contributed by atoms with Gasteiger partial charge in [-0.25, -0.2) is 0 Å². The first kappa shape index (κ1) is 20.4. The number of carbonyl (C=O) groups excluding carboxylic acids is 2. The highest BCUT2D eigenvalue weighted by Gasteiger charge is 2.35. The zero-order chi connectivity index (χ0) is 22.2. The topological polar surface area (TPSA) is 90.6 Å². The number of fused-ring (bicyclic) bond motifs is 3. The average molecular weight is 431 g/mol. The lowest BCUT2D eigenvalue weighted by molar-refractivity contribution is -0.117. The summed E-state index contributed by atoms with van der Waals surface area (Å²) < 4.78 is 5.22. The van der Waals surface area contributed by atoms with Gasteiger partial charge in [-0.3, -0.25) is 19.6 Å². The molecule has 1 aliphatic heterocycles. The Morgan fingerprint density at radius 3 is 2.56 bits per heavy atom. The summed E-state index contributed by atoms with van der Waals surface area (Å²) in [4.78, 5) is 30.5. The average Bonchev–Trinajstić information content (AvgIpc) is 3.36. The van der Waals surface area contributed by atoms with E-state index in [9.17, 15) is 9.59 Å². The number of hydrogen-bond acceptors (Lipinski definition) is 6. The minimum absolute atomic E-state index is 0.111. The molecule has 2 heterocycles. The van der Waals surface area contributed by atoms with E-state index in [1.165, 1.54) is 0 Å². The van der Waals surface area contributed by atoms with Crippen LogP contribution in [0.15, 0.2) is 42.5 Å². The van der Waals surface area contributed by atoms with Crippen molar-refractivity contribution in [1.29, 1.82) is 0 Å².